The molecule has 588 valence electrons. The van der Waals surface area contributed by atoms with E-state index < -0.39 is 89.3 Å². The van der Waals surface area contributed by atoms with Gasteiger partial charge in [-0.25, -0.2) is 26.8 Å². The lowest BCUT2D eigenvalue weighted by atomic mass is 9.77. The number of nitrogens with zero attached hydrogens (tertiary/aromatic N) is 4. The number of sulfonamides is 2. The molecule has 0 unspecified atom stereocenters. The second-order valence-corrected chi connectivity index (χ2v) is 39.0. The number of nitrogens with one attached hydrogen (secondary N) is 2. The fourth-order valence-corrected chi connectivity index (χ4v) is 20.2. The van der Waals surface area contributed by atoms with Gasteiger partial charge in [0.15, 0.2) is 11.6 Å². The first-order valence-electron chi connectivity index (χ1n) is 39.4. The van der Waals surface area contributed by atoms with Crippen LogP contribution in [-0.4, -0.2) is 145 Å². The summed E-state index contributed by atoms with van der Waals surface area (Å²) in [5.41, 5.74) is -2.94. The summed E-state index contributed by atoms with van der Waals surface area (Å²) in [7, 11) is -4.49. The summed E-state index contributed by atoms with van der Waals surface area (Å²) < 4.78 is 80.5. The van der Waals surface area contributed by atoms with Crippen molar-refractivity contribution >= 4 is 88.4 Å². The van der Waals surface area contributed by atoms with Gasteiger partial charge in [0, 0.05) is 97.1 Å². The van der Waals surface area contributed by atoms with Crippen LogP contribution < -0.4 is 28.4 Å². The highest BCUT2D eigenvalue weighted by molar-refractivity contribution is 7.91. The van der Waals surface area contributed by atoms with Gasteiger partial charge >= 0.3 is 0 Å². The predicted octanol–water partition coefficient (Wildman–Crippen LogP) is 13.2. The number of benzene rings is 2. The molecule has 22 nitrogen and oxygen atoms in total. The molecule has 8 aliphatic rings. The lowest BCUT2D eigenvalue weighted by Gasteiger charge is -2.33. The number of allylic oxidation sites excluding steroid dienone is 4. The van der Waals surface area contributed by atoms with Crippen LogP contribution in [-0.2, 0) is 58.4 Å². The largest absolute Gasteiger partial charge is 0.496 e. The maximum Gasteiger partial charge on any atom is 0.240 e. The summed E-state index contributed by atoms with van der Waals surface area (Å²) in [6.07, 6.45) is 19.7. The van der Waals surface area contributed by atoms with Gasteiger partial charge in [-0.1, -0.05) is 119 Å². The second kappa shape index (κ2) is 33.1. The van der Waals surface area contributed by atoms with Gasteiger partial charge in [0.05, 0.1) is 60.7 Å². The van der Waals surface area contributed by atoms with Crippen LogP contribution >= 0.6 is 0 Å². The van der Waals surface area contributed by atoms with Crippen molar-refractivity contribution < 1.29 is 74.1 Å². The Morgan fingerprint density at radius 3 is 1.26 bits per heavy atom. The summed E-state index contributed by atoms with van der Waals surface area (Å²) in [6, 6.07) is 13.0. The average Bonchev–Trinajstić information content (AvgIpc) is 1.58. The first kappa shape index (κ1) is 81.4. The van der Waals surface area contributed by atoms with Gasteiger partial charge in [-0.05, 0) is 160 Å². The number of hydrogen-bond donors (Lipinski definition) is 2. The molecule has 2 aromatic heterocycles. The number of carbonyl (C=O) groups is 8. The van der Waals surface area contributed by atoms with Crippen molar-refractivity contribution in [2.24, 2.45) is 69.0 Å². The lowest BCUT2D eigenvalue weighted by Crippen LogP contribution is -2.47. The third kappa shape index (κ3) is 19.2. The van der Waals surface area contributed by atoms with Crippen LogP contribution in [0.4, 0.5) is 0 Å². The van der Waals surface area contributed by atoms with Gasteiger partial charge in [0.25, 0.3) is 0 Å². The Balaban J connectivity index is 0.000000215. The average molecular weight is 1530 g/mol. The van der Waals surface area contributed by atoms with Crippen LogP contribution in [0.1, 0.15) is 210 Å². The Kier molecular flexibility index (Phi) is 25.0. The van der Waals surface area contributed by atoms with Gasteiger partial charge in [0.1, 0.15) is 35.3 Å². The summed E-state index contributed by atoms with van der Waals surface area (Å²) >= 11 is 0. The Morgan fingerprint density at radius 2 is 0.917 bits per heavy atom. The van der Waals surface area contributed by atoms with Crippen LogP contribution in [0.3, 0.4) is 0 Å². The smallest absolute Gasteiger partial charge is 0.240 e. The van der Waals surface area contributed by atoms with Crippen molar-refractivity contribution in [1.29, 1.82) is 0 Å². The van der Waals surface area contributed by atoms with Crippen molar-refractivity contribution in [1.82, 2.24) is 29.2 Å². The minimum absolute atomic E-state index is 0.0184. The van der Waals surface area contributed by atoms with E-state index in [1.807, 2.05) is 114 Å². The molecular weight excluding hydrogens is 1410 g/mol. The number of rotatable bonds is 20. The van der Waals surface area contributed by atoms with E-state index >= 15 is 9.59 Å². The maximum absolute atomic E-state index is 15.0. The molecule has 6 fully saturated rings. The van der Waals surface area contributed by atoms with E-state index in [2.05, 4.69) is 47.1 Å². The van der Waals surface area contributed by atoms with E-state index in [1.54, 1.807) is 36.4 Å². The fraction of sp³-hybridized carbons (Fsp3) is 0.643. The van der Waals surface area contributed by atoms with Gasteiger partial charge < -0.3 is 28.7 Å². The third-order valence-electron chi connectivity index (χ3n) is 23.8. The highest BCUT2D eigenvalue weighted by Crippen LogP contribution is 2.59. The minimum atomic E-state index is -3.84. The fourth-order valence-electron chi connectivity index (χ4n) is 17.5. The number of pyridine rings is 2. The number of ketones is 4. The normalized spacial score (nSPS) is 30.1. The molecule has 4 aliphatic heterocycles. The number of methoxy groups -OCH3 is 2. The predicted molar refractivity (Wildman–Crippen MR) is 412 cm³/mol. The highest BCUT2D eigenvalue weighted by atomic mass is 32.2. The van der Waals surface area contributed by atoms with Crippen molar-refractivity contribution in [2.45, 2.75) is 245 Å². The molecule has 12 rings (SSSR count). The van der Waals surface area contributed by atoms with Crippen LogP contribution in [0.2, 0.25) is 0 Å². The molecule has 2 saturated heterocycles. The molecule has 14 atom stereocenters. The second-order valence-electron chi connectivity index (χ2n) is 35.1. The number of fused-ring (bicyclic) bond motifs is 6. The molecule has 0 spiro atoms. The maximum atomic E-state index is 15.0. The molecular formula is C84H114N6O16S2. The summed E-state index contributed by atoms with van der Waals surface area (Å²) in [5, 5.41) is 1.90. The minimum Gasteiger partial charge on any atom is -0.496 e. The molecule has 24 heteroatoms. The molecule has 4 aliphatic carbocycles. The van der Waals surface area contributed by atoms with Gasteiger partial charge in [-0.15, -0.1) is 0 Å². The molecule has 108 heavy (non-hydrogen) atoms. The SMILES string of the molecule is CC[C@@H]1C[C@@H](C)CC/C=C\[C@@H]2C[C@@]2(C(=O)NS(=O)(=O)C2CC2)CC(=O)[C@@H]2C[C@@H](Oc3nccc4c(OC)cccc34)CN2C(=O)[C@H]1CC(=O)CC(C)(C)C.CC[C@@H]1C[C@H](C)CC/C=C\[C@@H]2C[C@@]2(C(=O)NS(=O)(=O)C2CC2)CC(=O)[C@@H]2C[C@@H](Oc3nccc4c(OC)cccc34)CN2C(=O)[C@H]1CC(=O)CC(C)(C)C. The van der Waals surface area contributed by atoms with Crippen molar-refractivity contribution in [3.8, 4) is 23.3 Å². The van der Waals surface area contributed by atoms with E-state index in [0.717, 1.165) is 60.1 Å². The number of hydrogen-bond acceptors (Lipinski definition) is 18. The Labute approximate surface area is 638 Å². The summed E-state index contributed by atoms with van der Waals surface area (Å²) in [4.78, 5) is 127. The molecule has 2 N–H and O–H groups in total. The number of amides is 4. The van der Waals surface area contributed by atoms with Gasteiger partial charge in [-0.2, -0.15) is 0 Å². The summed E-state index contributed by atoms with van der Waals surface area (Å²) in [6.45, 7) is 20.7. The van der Waals surface area contributed by atoms with Crippen LogP contribution in [0.25, 0.3) is 21.5 Å². The number of aromatic nitrogens is 2. The zero-order chi connectivity index (χ0) is 78.0. The molecule has 6 heterocycles. The van der Waals surface area contributed by atoms with Crippen LogP contribution in [0.5, 0.6) is 23.3 Å². The summed E-state index contributed by atoms with van der Waals surface area (Å²) in [5.74, 6) is -1.84. The topological polar surface area (TPSA) is 298 Å². The van der Waals surface area contributed by atoms with E-state index in [1.165, 1.54) is 0 Å². The molecule has 0 radical (unpaired) electrons. The zero-order valence-corrected chi connectivity index (χ0v) is 66.9. The number of carbonyl (C=O) groups excluding carboxylic acids is 8. The van der Waals surface area contributed by atoms with E-state index in [4.69, 9.17) is 18.9 Å². The van der Waals surface area contributed by atoms with Gasteiger partial charge in [0.2, 0.25) is 55.4 Å². The van der Waals surface area contributed by atoms with Crippen molar-refractivity contribution in [2.75, 3.05) is 27.3 Å². The molecule has 0 bridgehead atoms. The van der Waals surface area contributed by atoms with Crippen molar-refractivity contribution in [3.63, 3.8) is 0 Å². The highest BCUT2D eigenvalue weighted by Gasteiger charge is 2.63. The monoisotopic (exact) mass is 1530 g/mol. The quantitative estimate of drug-likeness (QED) is 0.0777. The first-order chi connectivity index (χ1) is 51.1. The Morgan fingerprint density at radius 1 is 0.537 bits per heavy atom. The Bertz CT molecular complexity index is 4070. The van der Waals surface area contributed by atoms with Crippen molar-refractivity contribution in [3.05, 3.63) is 85.2 Å². The molecule has 4 saturated carbocycles. The Hall–Kier alpha value is -7.60. The van der Waals surface area contributed by atoms with E-state index in [0.29, 0.717) is 87.5 Å². The van der Waals surface area contributed by atoms with Crippen LogP contribution in [0.15, 0.2) is 85.2 Å². The zero-order valence-electron chi connectivity index (χ0n) is 65.3. The number of Topliss-reactive ketones (excluding diaryl/α,β-unsaturated/α-hetero) is 4. The van der Waals surface area contributed by atoms with Crippen LogP contribution in [0, 0.1) is 69.0 Å². The standard InChI is InChI=1S/2C42H57N3O8S/c2*1-7-27-19-26(2)11-8-9-12-28-22-42(28,40(49)44-54(50,51)31-15-16-31)24-36(47)35-21-30(25-45(35)39(48)34(27)20-29(46)23-41(3,4)5)53-38-33-13-10-14-37(52-6)32(33)17-18-43-38/h2*9-10,12-14,17-18,26-28,30-31,34-35H,7-8,11,15-16,19-25H2,1-6H3,(H,44,49)/b2*12-9-/t26-,27+,28+,30+,34-,35-,42+;26-,27-,28-,30-,34+,35+,42-/m01/s1. The lowest BCUT2D eigenvalue weighted by molar-refractivity contribution is -0.145. The third-order valence-corrected chi connectivity index (χ3v) is 27.4. The first-order valence-corrected chi connectivity index (χ1v) is 42.5. The van der Waals surface area contributed by atoms with Gasteiger partial charge in [-0.3, -0.25) is 47.8 Å². The van der Waals surface area contributed by atoms with E-state index in [9.17, 15) is 45.6 Å². The molecule has 2 aromatic carbocycles. The number of ether oxygens (including phenoxy) is 4. The molecule has 4 aromatic rings. The van der Waals surface area contributed by atoms with E-state index in [-0.39, 0.29) is 133 Å². The molecule has 4 amide bonds.